The van der Waals surface area contributed by atoms with Crippen LogP contribution in [-0.2, 0) is 9.53 Å². The van der Waals surface area contributed by atoms with Crippen LogP contribution in [0.1, 0.15) is 30.4 Å². The first kappa shape index (κ1) is 16.2. The third-order valence-corrected chi connectivity index (χ3v) is 4.47. The number of hydrogen-bond donors (Lipinski definition) is 0. The number of hydrogen-bond acceptors (Lipinski definition) is 3. The maximum atomic E-state index is 11.5. The third kappa shape index (κ3) is 3.16. The third-order valence-electron chi connectivity index (χ3n) is 4.47. The van der Waals surface area contributed by atoms with E-state index >= 15 is 0 Å². The topological polar surface area (TPSA) is 39.2 Å². The predicted octanol–water partition coefficient (Wildman–Crippen LogP) is 4.88. The molecule has 1 heterocycles. The Hall–Kier alpha value is -2.68. The smallest absolute Gasteiger partial charge is 0.306 e. The second-order valence-electron chi connectivity index (χ2n) is 6.13. The first-order valence-corrected chi connectivity index (χ1v) is 8.11. The van der Waals surface area contributed by atoms with Crippen LogP contribution in [0.15, 0.2) is 54.7 Å². The van der Waals surface area contributed by atoms with Gasteiger partial charge >= 0.3 is 5.97 Å². The van der Waals surface area contributed by atoms with Crippen LogP contribution in [0.5, 0.6) is 0 Å². The molecule has 0 aliphatic rings. The Bertz CT molecular complexity index is 886. The minimum Gasteiger partial charge on any atom is -0.469 e. The van der Waals surface area contributed by atoms with Gasteiger partial charge in [0.15, 0.2) is 0 Å². The van der Waals surface area contributed by atoms with Gasteiger partial charge in [-0.25, -0.2) is 0 Å². The number of aromatic nitrogens is 1. The molecule has 1 aromatic heterocycles. The van der Waals surface area contributed by atoms with Crippen LogP contribution in [-0.4, -0.2) is 18.1 Å². The lowest BCUT2D eigenvalue weighted by molar-refractivity contribution is -0.140. The molecule has 0 aliphatic carbocycles. The van der Waals surface area contributed by atoms with Crippen molar-refractivity contribution in [1.82, 2.24) is 4.98 Å². The van der Waals surface area contributed by atoms with Crippen molar-refractivity contribution in [2.75, 3.05) is 7.11 Å². The van der Waals surface area contributed by atoms with Crippen LogP contribution in [0.25, 0.3) is 22.0 Å². The van der Waals surface area contributed by atoms with Crippen molar-refractivity contribution in [2.45, 2.75) is 26.2 Å². The summed E-state index contributed by atoms with van der Waals surface area (Å²) in [4.78, 5) is 16.0. The van der Waals surface area contributed by atoms with E-state index in [4.69, 9.17) is 4.74 Å². The van der Waals surface area contributed by atoms with E-state index in [0.29, 0.717) is 6.42 Å². The molecule has 3 aromatic rings. The van der Waals surface area contributed by atoms with Crippen molar-refractivity contribution in [3.05, 3.63) is 65.9 Å². The summed E-state index contributed by atoms with van der Waals surface area (Å²) in [6, 6.07) is 16.7. The van der Waals surface area contributed by atoms with Gasteiger partial charge in [-0.2, -0.15) is 0 Å². The van der Waals surface area contributed by atoms with Gasteiger partial charge in [-0.3, -0.25) is 9.78 Å². The summed E-state index contributed by atoms with van der Waals surface area (Å²) in [5, 5.41) is 1.13. The Kier molecular flexibility index (Phi) is 4.61. The van der Waals surface area contributed by atoms with Crippen molar-refractivity contribution < 1.29 is 9.53 Å². The quantitative estimate of drug-likeness (QED) is 0.644. The predicted molar refractivity (Wildman–Crippen MR) is 97.0 cm³/mol. The van der Waals surface area contributed by atoms with Crippen molar-refractivity contribution in [3.63, 3.8) is 0 Å². The van der Waals surface area contributed by atoms with Gasteiger partial charge in [0, 0.05) is 11.6 Å². The summed E-state index contributed by atoms with van der Waals surface area (Å²) in [6.07, 6.45) is 2.22. The summed E-state index contributed by atoms with van der Waals surface area (Å²) < 4.78 is 4.77. The minimum absolute atomic E-state index is 0.103. The molecule has 0 radical (unpaired) electrons. The number of rotatable bonds is 4. The zero-order valence-corrected chi connectivity index (χ0v) is 14.2. The monoisotopic (exact) mass is 319 g/mol. The maximum Gasteiger partial charge on any atom is 0.306 e. The standard InChI is InChI=1S/C21H21NO2/c1-14-6-4-5-7-17(14)18-10-11-22-20-13-16(8-9-19(18)20)15(2)12-21(23)24-3/h4-11,13,15H,12H2,1-3H3. The molecule has 0 amide bonds. The van der Waals surface area contributed by atoms with Gasteiger partial charge in [-0.15, -0.1) is 0 Å². The van der Waals surface area contributed by atoms with E-state index in [-0.39, 0.29) is 11.9 Å². The molecule has 2 aromatic carbocycles. The van der Waals surface area contributed by atoms with Crippen molar-refractivity contribution in [1.29, 1.82) is 0 Å². The molecule has 3 rings (SSSR count). The molecule has 0 bridgehead atoms. The van der Waals surface area contributed by atoms with Gasteiger partial charge in [0.05, 0.1) is 19.0 Å². The summed E-state index contributed by atoms with van der Waals surface area (Å²) in [5.41, 5.74) is 5.70. The fourth-order valence-corrected chi connectivity index (χ4v) is 3.03. The Morgan fingerprint density at radius 1 is 1.12 bits per heavy atom. The number of aryl methyl sites for hydroxylation is 1. The molecule has 0 saturated heterocycles. The van der Waals surface area contributed by atoms with Crippen LogP contribution in [0, 0.1) is 6.92 Å². The number of esters is 1. The number of ether oxygens (including phenoxy) is 1. The zero-order valence-electron chi connectivity index (χ0n) is 14.2. The second kappa shape index (κ2) is 6.83. The molecular formula is C21H21NO2. The Balaban J connectivity index is 2.04. The van der Waals surface area contributed by atoms with Crippen LogP contribution >= 0.6 is 0 Å². The molecule has 1 atom stereocenters. The van der Waals surface area contributed by atoms with Crippen LogP contribution in [0.3, 0.4) is 0 Å². The molecule has 24 heavy (non-hydrogen) atoms. The van der Waals surface area contributed by atoms with Crippen molar-refractivity contribution in [3.8, 4) is 11.1 Å². The Morgan fingerprint density at radius 2 is 1.92 bits per heavy atom. The van der Waals surface area contributed by atoms with Crippen LogP contribution in [0.2, 0.25) is 0 Å². The summed E-state index contributed by atoms with van der Waals surface area (Å²) in [7, 11) is 1.42. The highest BCUT2D eigenvalue weighted by Crippen LogP contribution is 2.31. The largest absolute Gasteiger partial charge is 0.469 e. The number of carbonyl (C=O) groups is 1. The molecule has 3 nitrogen and oxygen atoms in total. The van der Waals surface area contributed by atoms with E-state index in [2.05, 4.69) is 60.4 Å². The first-order valence-electron chi connectivity index (χ1n) is 8.11. The highest BCUT2D eigenvalue weighted by atomic mass is 16.5. The molecule has 1 unspecified atom stereocenters. The maximum absolute atomic E-state index is 11.5. The molecule has 0 fully saturated rings. The zero-order chi connectivity index (χ0) is 17.1. The highest BCUT2D eigenvalue weighted by molar-refractivity contribution is 5.95. The molecule has 0 saturated carbocycles. The van der Waals surface area contributed by atoms with E-state index in [1.54, 1.807) is 0 Å². The van der Waals surface area contributed by atoms with E-state index in [1.807, 2.05) is 13.1 Å². The lowest BCUT2D eigenvalue weighted by Crippen LogP contribution is -2.06. The van der Waals surface area contributed by atoms with Gasteiger partial charge in [-0.05, 0) is 47.2 Å². The number of carbonyl (C=O) groups excluding carboxylic acids is 1. The van der Waals surface area contributed by atoms with Crippen LogP contribution < -0.4 is 0 Å². The lowest BCUT2D eigenvalue weighted by Gasteiger charge is -2.13. The van der Waals surface area contributed by atoms with Gasteiger partial charge in [0.1, 0.15) is 0 Å². The van der Waals surface area contributed by atoms with Gasteiger partial charge in [0.2, 0.25) is 0 Å². The fourth-order valence-electron chi connectivity index (χ4n) is 3.03. The van der Waals surface area contributed by atoms with E-state index in [9.17, 15) is 4.79 Å². The lowest BCUT2D eigenvalue weighted by atomic mass is 9.93. The van der Waals surface area contributed by atoms with E-state index in [0.717, 1.165) is 16.5 Å². The normalized spacial score (nSPS) is 12.1. The summed E-state index contributed by atoms with van der Waals surface area (Å²) >= 11 is 0. The Labute approximate surface area is 142 Å². The minimum atomic E-state index is -0.191. The molecule has 3 heteroatoms. The van der Waals surface area contributed by atoms with Crippen LogP contribution in [0.4, 0.5) is 0 Å². The highest BCUT2D eigenvalue weighted by Gasteiger charge is 2.13. The molecule has 0 spiro atoms. The van der Waals surface area contributed by atoms with Crippen molar-refractivity contribution >= 4 is 16.9 Å². The van der Waals surface area contributed by atoms with Gasteiger partial charge in [-0.1, -0.05) is 43.3 Å². The summed E-state index contributed by atoms with van der Waals surface area (Å²) in [5.74, 6) is -0.0880. The average molecular weight is 319 g/mol. The molecule has 122 valence electrons. The van der Waals surface area contributed by atoms with E-state index in [1.165, 1.54) is 23.8 Å². The molecular weight excluding hydrogens is 298 g/mol. The summed E-state index contributed by atoms with van der Waals surface area (Å²) in [6.45, 7) is 4.15. The van der Waals surface area contributed by atoms with E-state index < -0.39 is 0 Å². The number of fused-ring (bicyclic) bond motifs is 1. The number of methoxy groups -OCH3 is 1. The first-order chi connectivity index (χ1) is 11.6. The van der Waals surface area contributed by atoms with Gasteiger partial charge < -0.3 is 4.74 Å². The molecule has 0 aliphatic heterocycles. The SMILES string of the molecule is COC(=O)CC(C)c1ccc2c(-c3ccccc3C)ccnc2c1. The fraction of sp³-hybridized carbons (Fsp3) is 0.238. The molecule has 0 N–H and O–H groups in total. The van der Waals surface area contributed by atoms with Crippen molar-refractivity contribution in [2.24, 2.45) is 0 Å². The number of pyridine rings is 1. The second-order valence-corrected chi connectivity index (χ2v) is 6.13. The number of benzene rings is 2. The average Bonchev–Trinajstić information content (AvgIpc) is 2.61. The van der Waals surface area contributed by atoms with Gasteiger partial charge in [0.25, 0.3) is 0 Å². The number of nitrogens with zero attached hydrogens (tertiary/aromatic N) is 1. The Morgan fingerprint density at radius 3 is 2.67 bits per heavy atom.